The molecule has 0 spiro atoms. The molecule has 1 heterocycles. The van der Waals surface area contributed by atoms with Gasteiger partial charge in [-0.05, 0) is 42.6 Å². The quantitative estimate of drug-likeness (QED) is 0.742. The highest BCUT2D eigenvalue weighted by molar-refractivity contribution is 7.09. The van der Waals surface area contributed by atoms with Gasteiger partial charge in [-0.3, -0.25) is 4.90 Å². The molecule has 0 unspecified atom stereocenters. The SMILES string of the molecule is CCCNCc1cccc(CN(C)Cc2cccs2)c1. The van der Waals surface area contributed by atoms with E-state index in [1.807, 2.05) is 11.3 Å². The lowest BCUT2D eigenvalue weighted by Gasteiger charge is -2.16. The zero-order valence-electron chi connectivity index (χ0n) is 12.4. The van der Waals surface area contributed by atoms with Gasteiger partial charge in [-0.1, -0.05) is 37.3 Å². The predicted molar refractivity (Wildman–Crippen MR) is 87.9 cm³/mol. The van der Waals surface area contributed by atoms with Crippen LogP contribution in [0.25, 0.3) is 0 Å². The van der Waals surface area contributed by atoms with Gasteiger partial charge < -0.3 is 5.32 Å². The molecule has 108 valence electrons. The molecule has 0 aliphatic rings. The van der Waals surface area contributed by atoms with Crippen LogP contribution in [0, 0.1) is 0 Å². The van der Waals surface area contributed by atoms with E-state index in [4.69, 9.17) is 0 Å². The average Bonchev–Trinajstić information content (AvgIpc) is 2.92. The monoisotopic (exact) mass is 288 g/mol. The van der Waals surface area contributed by atoms with Gasteiger partial charge in [0, 0.05) is 24.5 Å². The zero-order chi connectivity index (χ0) is 14.2. The molecule has 0 atom stereocenters. The highest BCUT2D eigenvalue weighted by atomic mass is 32.1. The maximum absolute atomic E-state index is 3.46. The first-order valence-corrected chi connectivity index (χ1v) is 8.15. The number of hydrogen-bond acceptors (Lipinski definition) is 3. The number of hydrogen-bond donors (Lipinski definition) is 1. The predicted octanol–water partition coefficient (Wildman–Crippen LogP) is 3.88. The smallest absolute Gasteiger partial charge is 0.0328 e. The molecule has 1 aromatic carbocycles. The Morgan fingerprint density at radius 3 is 2.70 bits per heavy atom. The van der Waals surface area contributed by atoms with E-state index < -0.39 is 0 Å². The molecule has 0 aliphatic heterocycles. The van der Waals surface area contributed by atoms with Crippen molar-refractivity contribution in [2.45, 2.75) is 33.0 Å². The van der Waals surface area contributed by atoms with E-state index in [1.54, 1.807) is 0 Å². The number of nitrogens with one attached hydrogen (secondary N) is 1. The topological polar surface area (TPSA) is 15.3 Å². The van der Waals surface area contributed by atoms with Crippen LogP contribution in [-0.4, -0.2) is 18.5 Å². The largest absolute Gasteiger partial charge is 0.313 e. The Morgan fingerprint density at radius 2 is 1.95 bits per heavy atom. The molecule has 0 saturated heterocycles. The highest BCUT2D eigenvalue weighted by Gasteiger charge is 2.03. The molecule has 3 heteroatoms. The third-order valence-corrected chi connectivity index (χ3v) is 4.07. The molecule has 20 heavy (non-hydrogen) atoms. The standard InChI is InChI=1S/C17H24N2S/c1-3-9-18-12-15-6-4-7-16(11-15)13-19(2)14-17-8-5-10-20-17/h4-8,10-11,18H,3,9,12-14H2,1-2H3. The van der Waals surface area contributed by atoms with Gasteiger partial charge in [0.1, 0.15) is 0 Å². The fourth-order valence-electron chi connectivity index (χ4n) is 2.28. The summed E-state index contributed by atoms with van der Waals surface area (Å²) < 4.78 is 0. The molecule has 0 aliphatic carbocycles. The number of benzene rings is 1. The molecule has 1 aromatic heterocycles. The summed E-state index contributed by atoms with van der Waals surface area (Å²) in [6.45, 7) is 6.28. The van der Waals surface area contributed by atoms with Crippen molar-refractivity contribution >= 4 is 11.3 Å². The third kappa shape index (κ3) is 5.08. The molecular weight excluding hydrogens is 264 g/mol. The number of rotatable bonds is 8. The van der Waals surface area contributed by atoms with Gasteiger partial charge in [0.2, 0.25) is 0 Å². The fraction of sp³-hybridized carbons (Fsp3) is 0.412. The summed E-state index contributed by atoms with van der Waals surface area (Å²) in [7, 11) is 2.18. The summed E-state index contributed by atoms with van der Waals surface area (Å²) in [5.74, 6) is 0. The molecule has 2 rings (SSSR count). The van der Waals surface area contributed by atoms with Gasteiger partial charge >= 0.3 is 0 Å². The minimum Gasteiger partial charge on any atom is -0.313 e. The summed E-state index contributed by atoms with van der Waals surface area (Å²) in [6, 6.07) is 13.2. The number of thiophene rings is 1. The van der Waals surface area contributed by atoms with E-state index in [0.29, 0.717) is 0 Å². The van der Waals surface area contributed by atoms with Crippen LogP contribution < -0.4 is 5.32 Å². The van der Waals surface area contributed by atoms with E-state index in [1.165, 1.54) is 22.4 Å². The van der Waals surface area contributed by atoms with Gasteiger partial charge in [-0.25, -0.2) is 0 Å². The second-order valence-electron chi connectivity index (χ2n) is 5.25. The Bertz CT molecular complexity index is 493. The summed E-state index contributed by atoms with van der Waals surface area (Å²) in [5.41, 5.74) is 2.76. The first-order chi connectivity index (χ1) is 9.78. The second kappa shape index (κ2) is 8.20. The first kappa shape index (κ1) is 15.2. The van der Waals surface area contributed by atoms with E-state index in [-0.39, 0.29) is 0 Å². The highest BCUT2D eigenvalue weighted by Crippen LogP contribution is 2.13. The van der Waals surface area contributed by atoms with Crippen molar-refractivity contribution in [2.24, 2.45) is 0 Å². The fourth-order valence-corrected chi connectivity index (χ4v) is 3.07. The first-order valence-electron chi connectivity index (χ1n) is 7.27. The maximum atomic E-state index is 3.46. The number of nitrogens with zero attached hydrogens (tertiary/aromatic N) is 1. The minimum absolute atomic E-state index is 0.969. The molecule has 0 saturated carbocycles. The molecule has 0 bridgehead atoms. The maximum Gasteiger partial charge on any atom is 0.0328 e. The van der Waals surface area contributed by atoms with Crippen LogP contribution in [0.15, 0.2) is 41.8 Å². The van der Waals surface area contributed by atoms with Crippen molar-refractivity contribution < 1.29 is 0 Å². The van der Waals surface area contributed by atoms with Crippen LogP contribution in [0.1, 0.15) is 29.3 Å². The van der Waals surface area contributed by atoms with Crippen LogP contribution in [0.4, 0.5) is 0 Å². The third-order valence-electron chi connectivity index (χ3n) is 3.21. The van der Waals surface area contributed by atoms with Gasteiger partial charge in [0.05, 0.1) is 0 Å². The van der Waals surface area contributed by atoms with Crippen molar-refractivity contribution in [3.05, 3.63) is 57.8 Å². The summed E-state index contributed by atoms with van der Waals surface area (Å²) >= 11 is 1.83. The van der Waals surface area contributed by atoms with E-state index >= 15 is 0 Å². The summed E-state index contributed by atoms with van der Waals surface area (Å²) in [6.07, 6.45) is 1.18. The van der Waals surface area contributed by atoms with E-state index in [2.05, 4.69) is 66.0 Å². The zero-order valence-corrected chi connectivity index (χ0v) is 13.2. The van der Waals surface area contributed by atoms with Crippen LogP contribution in [0.3, 0.4) is 0 Å². The Hall–Kier alpha value is -1.16. The van der Waals surface area contributed by atoms with E-state index in [0.717, 1.165) is 26.2 Å². The van der Waals surface area contributed by atoms with Crippen LogP contribution in [0.5, 0.6) is 0 Å². The Morgan fingerprint density at radius 1 is 1.10 bits per heavy atom. The molecular formula is C17H24N2S. The van der Waals surface area contributed by atoms with E-state index in [9.17, 15) is 0 Å². The Kier molecular flexibility index (Phi) is 6.25. The van der Waals surface area contributed by atoms with Gasteiger partial charge in [0.15, 0.2) is 0 Å². The summed E-state index contributed by atoms with van der Waals surface area (Å²) in [5, 5.41) is 5.60. The second-order valence-corrected chi connectivity index (χ2v) is 6.28. The van der Waals surface area contributed by atoms with Crippen LogP contribution in [-0.2, 0) is 19.6 Å². The average molecular weight is 288 g/mol. The van der Waals surface area contributed by atoms with Crippen LogP contribution in [0.2, 0.25) is 0 Å². The molecule has 2 nitrogen and oxygen atoms in total. The summed E-state index contributed by atoms with van der Waals surface area (Å²) in [4.78, 5) is 3.79. The Labute approximate surface area is 126 Å². The van der Waals surface area contributed by atoms with Crippen LogP contribution >= 0.6 is 11.3 Å². The lowest BCUT2D eigenvalue weighted by atomic mass is 10.1. The van der Waals surface area contributed by atoms with Gasteiger partial charge in [-0.2, -0.15) is 0 Å². The van der Waals surface area contributed by atoms with Crippen molar-refractivity contribution in [1.29, 1.82) is 0 Å². The molecule has 0 amide bonds. The van der Waals surface area contributed by atoms with Crippen molar-refractivity contribution in [3.8, 4) is 0 Å². The molecule has 2 aromatic rings. The van der Waals surface area contributed by atoms with Crippen molar-refractivity contribution in [2.75, 3.05) is 13.6 Å². The molecule has 1 N–H and O–H groups in total. The minimum atomic E-state index is 0.969. The normalized spacial score (nSPS) is 11.2. The van der Waals surface area contributed by atoms with Crippen molar-refractivity contribution in [3.63, 3.8) is 0 Å². The van der Waals surface area contributed by atoms with Gasteiger partial charge in [0.25, 0.3) is 0 Å². The van der Waals surface area contributed by atoms with Crippen molar-refractivity contribution in [1.82, 2.24) is 10.2 Å². The molecule has 0 fully saturated rings. The molecule has 0 radical (unpaired) electrons. The lowest BCUT2D eigenvalue weighted by Crippen LogP contribution is -2.17. The Balaban J connectivity index is 1.86. The van der Waals surface area contributed by atoms with Gasteiger partial charge in [-0.15, -0.1) is 11.3 Å². The lowest BCUT2D eigenvalue weighted by molar-refractivity contribution is 0.322.